The second-order valence-corrected chi connectivity index (χ2v) is 17.7. The van der Waals surface area contributed by atoms with Gasteiger partial charge < -0.3 is 77.8 Å². The van der Waals surface area contributed by atoms with Crippen LogP contribution in [0, 0.1) is 11.8 Å². The van der Waals surface area contributed by atoms with Crippen molar-refractivity contribution in [2.24, 2.45) is 11.8 Å². The largest absolute Gasteiger partial charge is 0.489 e. The van der Waals surface area contributed by atoms with E-state index in [0.717, 1.165) is 52.1 Å². The molecule has 1 aromatic rings. The summed E-state index contributed by atoms with van der Waals surface area (Å²) in [5, 5.41) is 0. The van der Waals surface area contributed by atoms with E-state index in [1.807, 2.05) is 0 Å². The summed E-state index contributed by atoms with van der Waals surface area (Å²) in [6.07, 6.45) is 19.0. The molecule has 414 valence electrons. The molecule has 0 fully saturated rings. The minimum Gasteiger partial charge on any atom is -0.489 e. The molecule has 0 heterocycles. The summed E-state index contributed by atoms with van der Waals surface area (Å²) in [4.78, 5) is 0. The maximum Gasteiger partial charge on any atom is 0.163 e. The van der Waals surface area contributed by atoms with Crippen LogP contribution in [0.25, 0.3) is 0 Å². The molecule has 0 radical (unpaired) electrons. The Kier molecular flexibility index (Phi) is 50.2. The first-order chi connectivity index (χ1) is 34.5. The van der Waals surface area contributed by atoms with E-state index < -0.39 is 0 Å². The molecule has 4 N–H and O–H groups in total. The fourth-order valence-electron chi connectivity index (χ4n) is 6.80. The lowest BCUT2D eigenvalue weighted by atomic mass is 10.2. The minimum absolute atomic E-state index is 0.113. The molecule has 0 saturated heterocycles. The van der Waals surface area contributed by atoms with Crippen molar-refractivity contribution in [3.8, 4) is 11.5 Å². The molecule has 0 atom stereocenters. The van der Waals surface area contributed by atoms with Crippen LogP contribution in [-0.4, -0.2) is 172 Å². The van der Waals surface area contributed by atoms with Crippen LogP contribution in [-0.2, 0) is 56.8 Å². The number of nitrogens with two attached hydrogens (primary N) is 2. The first kappa shape index (κ1) is 66.0. The average Bonchev–Trinajstić information content (AvgIpc) is 3.36. The molecule has 16 nitrogen and oxygen atoms in total. The van der Waals surface area contributed by atoms with E-state index in [-0.39, 0.29) is 25.0 Å². The van der Waals surface area contributed by atoms with Crippen LogP contribution in [0.1, 0.15) is 130 Å². The van der Waals surface area contributed by atoms with Gasteiger partial charge in [-0.3, -0.25) is 0 Å². The summed E-state index contributed by atoms with van der Waals surface area (Å²) in [5.41, 5.74) is 13.4. The zero-order valence-electron chi connectivity index (χ0n) is 44.9. The third-order valence-electron chi connectivity index (χ3n) is 11.1. The van der Waals surface area contributed by atoms with Crippen LogP contribution < -0.4 is 20.9 Å². The lowest BCUT2D eigenvalue weighted by Crippen LogP contribution is -2.26. The van der Waals surface area contributed by atoms with Gasteiger partial charge in [0.05, 0.1) is 157 Å². The van der Waals surface area contributed by atoms with Crippen LogP contribution in [0.3, 0.4) is 0 Å². The van der Waals surface area contributed by atoms with Gasteiger partial charge in [0.25, 0.3) is 0 Å². The number of hydrogen-bond acceptors (Lipinski definition) is 16. The molecule has 0 amide bonds. The van der Waals surface area contributed by atoms with Gasteiger partial charge in [0.1, 0.15) is 0 Å². The number of nitrogen functional groups attached to an aromatic ring is 2. The highest BCUT2D eigenvalue weighted by Gasteiger charge is 2.18. The highest BCUT2D eigenvalue weighted by atomic mass is 16.6. The maximum atomic E-state index is 6.41. The summed E-state index contributed by atoms with van der Waals surface area (Å²) in [5.74, 6) is 0.710. The third-order valence-corrected chi connectivity index (χ3v) is 11.1. The Morgan fingerprint density at radius 1 is 0.271 bits per heavy atom. The molecule has 0 aromatic heterocycles. The van der Waals surface area contributed by atoms with E-state index in [0.29, 0.717) is 155 Å². The standard InChI is InChI=1S/C54H104N2O14/c1-5-9-13-17-21-57-25-29-61-33-37-65-43-49(44-66-38-34-62-30-26-58-22-18-14-10-6-2)47-69-53-41-51(55)52(56)42-54(53)70-48-50(45-67-39-35-63-31-27-59-23-19-15-11-7-3)46-68-40-36-64-32-28-60-24-20-16-12-8-4/h41-42,49-50H,5-40,43-48,55-56H2,1-4H3. The van der Waals surface area contributed by atoms with Gasteiger partial charge in [0.2, 0.25) is 0 Å². The monoisotopic (exact) mass is 1000 g/mol. The van der Waals surface area contributed by atoms with Crippen LogP contribution >= 0.6 is 0 Å². The van der Waals surface area contributed by atoms with Gasteiger partial charge in [-0.1, -0.05) is 105 Å². The van der Waals surface area contributed by atoms with Crippen LogP contribution in [0.15, 0.2) is 12.1 Å². The minimum atomic E-state index is -0.113. The molecule has 1 rings (SSSR count). The van der Waals surface area contributed by atoms with Crippen LogP contribution in [0.5, 0.6) is 11.5 Å². The lowest BCUT2D eigenvalue weighted by Gasteiger charge is -2.22. The fraction of sp³-hybridized carbons (Fsp3) is 0.889. The Morgan fingerprint density at radius 3 is 0.714 bits per heavy atom. The van der Waals surface area contributed by atoms with Gasteiger partial charge in [0, 0.05) is 50.4 Å². The Labute approximate surface area is 425 Å². The molecule has 70 heavy (non-hydrogen) atoms. The van der Waals surface area contributed by atoms with Crippen molar-refractivity contribution >= 4 is 11.4 Å². The Morgan fingerprint density at radius 2 is 0.486 bits per heavy atom. The first-order valence-corrected chi connectivity index (χ1v) is 27.4. The molecule has 16 heteroatoms. The van der Waals surface area contributed by atoms with E-state index in [1.54, 1.807) is 12.1 Å². The normalized spacial score (nSPS) is 11.7. The zero-order chi connectivity index (χ0) is 50.5. The Hall–Kier alpha value is -2.06. The predicted octanol–water partition coefficient (Wildman–Crippen LogP) is 9.36. The summed E-state index contributed by atoms with van der Waals surface area (Å²) in [6.45, 7) is 22.1. The highest BCUT2D eigenvalue weighted by molar-refractivity contribution is 5.69. The van der Waals surface area contributed by atoms with Gasteiger partial charge in [-0.2, -0.15) is 0 Å². The zero-order valence-corrected chi connectivity index (χ0v) is 44.9. The molecule has 0 aliphatic carbocycles. The van der Waals surface area contributed by atoms with Crippen molar-refractivity contribution < 1.29 is 66.3 Å². The fourth-order valence-corrected chi connectivity index (χ4v) is 6.80. The number of rotatable bonds is 58. The van der Waals surface area contributed by atoms with E-state index >= 15 is 0 Å². The summed E-state index contributed by atoms with van der Waals surface area (Å²) < 4.78 is 82.8. The second-order valence-electron chi connectivity index (χ2n) is 17.7. The van der Waals surface area contributed by atoms with Crippen molar-refractivity contribution in [3.63, 3.8) is 0 Å². The van der Waals surface area contributed by atoms with Crippen molar-refractivity contribution in [2.75, 3.05) is 183 Å². The molecule has 0 unspecified atom stereocenters. The molecule has 0 saturated carbocycles. The first-order valence-electron chi connectivity index (χ1n) is 27.4. The third kappa shape index (κ3) is 43.5. The van der Waals surface area contributed by atoms with Gasteiger partial charge in [-0.15, -0.1) is 0 Å². The van der Waals surface area contributed by atoms with Crippen molar-refractivity contribution in [3.05, 3.63) is 12.1 Å². The molecule has 0 aliphatic heterocycles. The van der Waals surface area contributed by atoms with E-state index in [1.165, 1.54) is 77.0 Å². The second kappa shape index (κ2) is 53.2. The quantitative estimate of drug-likeness (QED) is 0.0465. The number of unbranched alkanes of at least 4 members (excludes halogenated alkanes) is 12. The lowest BCUT2D eigenvalue weighted by molar-refractivity contribution is -0.0266. The maximum absolute atomic E-state index is 6.41. The van der Waals surface area contributed by atoms with Gasteiger partial charge in [0.15, 0.2) is 11.5 Å². The van der Waals surface area contributed by atoms with Gasteiger partial charge in [-0.25, -0.2) is 0 Å². The molecule has 0 spiro atoms. The molecular weight excluding hydrogens is 901 g/mol. The predicted molar refractivity (Wildman–Crippen MR) is 280 cm³/mol. The average molecular weight is 1010 g/mol. The summed E-state index contributed by atoms with van der Waals surface area (Å²) >= 11 is 0. The molecule has 0 bridgehead atoms. The van der Waals surface area contributed by atoms with Gasteiger partial charge >= 0.3 is 0 Å². The van der Waals surface area contributed by atoms with Crippen molar-refractivity contribution in [2.45, 2.75) is 130 Å². The van der Waals surface area contributed by atoms with Crippen molar-refractivity contribution in [1.29, 1.82) is 0 Å². The summed E-state index contributed by atoms with van der Waals surface area (Å²) in [6, 6.07) is 3.40. The molecule has 0 aliphatic rings. The van der Waals surface area contributed by atoms with Crippen LogP contribution in [0.2, 0.25) is 0 Å². The van der Waals surface area contributed by atoms with Crippen LogP contribution in [0.4, 0.5) is 11.4 Å². The molecular formula is C54H104N2O14. The molecule has 1 aromatic carbocycles. The number of anilines is 2. The number of benzene rings is 1. The van der Waals surface area contributed by atoms with Crippen molar-refractivity contribution in [1.82, 2.24) is 0 Å². The topological polar surface area (TPSA) is 181 Å². The van der Waals surface area contributed by atoms with Gasteiger partial charge in [-0.05, 0) is 25.7 Å². The summed E-state index contributed by atoms with van der Waals surface area (Å²) in [7, 11) is 0. The Balaban J connectivity index is 2.76. The highest BCUT2D eigenvalue weighted by Crippen LogP contribution is 2.34. The van der Waals surface area contributed by atoms with E-state index in [2.05, 4.69) is 27.7 Å². The smallest absolute Gasteiger partial charge is 0.163 e. The van der Waals surface area contributed by atoms with E-state index in [4.69, 9.17) is 77.8 Å². The van der Waals surface area contributed by atoms with E-state index in [9.17, 15) is 0 Å². The number of ether oxygens (including phenoxy) is 14. The SMILES string of the molecule is CCCCCCOCCOCCOCC(COCCOCCOCCCCCC)COc1cc(N)c(N)cc1OCC(COCCOCCOCCCCCC)COCCOCCOCCCCCC. The number of hydrogen-bond donors (Lipinski definition) is 2. The Bertz CT molecular complexity index is 1060.